The molecular formula is C18H22N4O5. The average molecular weight is 374 g/mol. The molecule has 0 bridgehead atoms. The van der Waals surface area contributed by atoms with Gasteiger partial charge in [-0.25, -0.2) is 0 Å². The maximum Gasteiger partial charge on any atom is 0.290 e. The van der Waals surface area contributed by atoms with E-state index in [4.69, 9.17) is 14.4 Å². The molecule has 144 valence electrons. The second-order valence-electron chi connectivity index (χ2n) is 6.03. The van der Waals surface area contributed by atoms with Gasteiger partial charge in [0.25, 0.3) is 6.47 Å². The van der Waals surface area contributed by atoms with Crippen LogP contribution in [-0.4, -0.2) is 62.5 Å². The zero-order valence-corrected chi connectivity index (χ0v) is 15.2. The van der Waals surface area contributed by atoms with Crippen molar-refractivity contribution in [2.45, 2.75) is 32.9 Å². The fraction of sp³-hybridized carbons (Fsp3) is 0.389. The van der Waals surface area contributed by atoms with Crippen LogP contribution in [0.25, 0.3) is 0 Å². The molecule has 1 aliphatic rings. The number of carbonyl (C=O) groups is 3. The molecule has 0 spiro atoms. The molecule has 1 aliphatic heterocycles. The van der Waals surface area contributed by atoms with E-state index in [1.165, 1.54) is 4.90 Å². The van der Waals surface area contributed by atoms with Gasteiger partial charge in [0.1, 0.15) is 12.6 Å². The minimum Gasteiger partial charge on any atom is -0.483 e. The van der Waals surface area contributed by atoms with E-state index < -0.39 is 6.04 Å². The van der Waals surface area contributed by atoms with Crippen molar-refractivity contribution in [2.75, 3.05) is 13.1 Å². The first-order chi connectivity index (χ1) is 13.0. The Kier molecular flexibility index (Phi) is 7.04. The van der Waals surface area contributed by atoms with Gasteiger partial charge < -0.3 is 19.4 Å². The topological polar surface area (TPSA) is 117 Å². The second-order valence-corrected chi connectivity index (χ2v) is 6.03. The molecule has 1 aromatic carbocycles. The van der Waals surface area contributed by atoms with E-state index in [-0.39, 0.29) is 31.4 Å². The highest BCUT2D eigenvalue weighted by molar-refractivity contribution is 5.94. The summed E-state index contributed by atoms with van der Waals surface area (Å²) in [6, 6.07) is 9.39. The minimum atomic E-state index is -0.533. The van der Waals surface area contributed by atoms with E-state index in [1.807, 2.05) is 30.3 Å². The maximum atomic E-state index is 12.6. The number of benzene rings is 1. The van der Waals surface area contributed by atoms with Crippen LogP contribution in [0.1, 0.15) is 24.2 Å². The van der Waals surface area contributed by atoms with Crippen LogP contribution in [0.15, 0.2) is 34.9 Å². The van der Waals surface area contributed by atoms with Gasteiger partial charge in [0.2, 0.25) is 17.7 Å². The molecule has 1 fully saturated rings. The van der Waals surface area contributed by atoms with Crippen molar-refractivity contribution in [1.29, 1.82) is 0 Å². The lowest BCUT2D eigenvalue weighted by Gasteiger charge is -2.38. The lowest BCUT2D eigenvalue weighted by molar-refractivity contribution is -0.156. The summed E-state index contributed by atoms with van der Waals surface area (Å²) in [6.07, 6.45) is 0.732. The van der Waals surface area contributed by atoms with E-state index in [9.17, 15) is 9.59 Å². The Morgan fingerprint density at radius 3 is 2.56 bits per heavy atom. The summed E-state index contributed by atoms with van der Waals surface area (Å²) in [5, 5.41) is 10.6. The molecule has 27 heavy (non-hydrogen) atoms. The first-order valence-electron chi connectivity index (χ1n) is 8.45. The van der Waals surface area contributed by atoms with Crippen LogP contribution < -0.4 is 0 Å². The SMILES string of the molecule is Cc1noc(CN2C(=O)CN(CCc3ccccc3)C(=O)[C@@H]2C)n1.O=CO. The summed E-state index contributed by atoms with van der Waals surface area (Å²) < 4.78 is 5.05. The number of piperazine rings is 1. The number of aromatic nitrogens is 2. The number of carboxylic acid groups (broad SMARTS) is 1. The molecule has 2 aromatic rings. The molecule has 9 nitrogen and oxygen atoms in total. The van der Waals surface area contributed by atoms with E-state index in [2.05, 4.69) is 10.1 Å². The van der Waals surface area contributed by atoms with Crippen molar-refractivity contribution in [1.82, 2.24) is 19.9 Å². The van der Waals surface area contributed by atoms with Crippen molar-refractivity contribution in [3.05, 3.63) is 47.6 Å². The van der Waals surface area contributed by atoms with E-state index in [0.717, 1.165) is 12.0 Å². The number of rotatable bonds is 5. The molecule has 2 heterocycles. The predicted molar refractivity (Wildman–Crippen MR) is 94.5 cm³/mol. The van der Waals surface area contributed by atoms with E-state index in [0.29, 0.717) is 18.3 Å². The number of amides is 2. The van der Waals surface area contributed by atoms with Gasteiger partial charge in [-0.2, -0.15) is 4.98 Å². The van der Waals surface area contributed by atoms with E-state index in [1.54, 1.807) is 18.7 Å². The number of carbonyl (C=O) groups excluding carboxylic acids is 2. The summed E-state index contributed by atoms with van der Waals surface area (Å²) in [5.41, 5.74) is 1.15. The molecule has 1 atom stereocenters. The minimum absolute atomic E-state index is 0.0539. The summed E-state index contributed by atoms with van der Waals surface area (Å²) in [4.78, 5) is 40.6. The standard InChI is InChI=1S/C17H20N4O3.CH2O2/c1-12-17(23)20(9-8-14-6-4-3-5-7-14)11-16(22)21(12)10-15-18-13(2)19-24-15;2-1-3/h3-7,12H,8-11H2,1-2H3;1H,(H,2,3)/t12-;/m0./s1. The number of nitrogens with zero attached hydrogens (tertiary/aromatic N) is 4. The molecule has 2 amide bonds. The highest BCUT2D eigenvalue weighted by Crippen LogP contribution is 2.16. The van der Waals surface area contributed by atoms with Crippen LogP contribution in [0, 0.1) is 6.92 Å². The van der Waals surface area contributed by atoms with Gasteiger partial charge in [-0.1, -0.05) is 35.5 Å². The normalized spacial score (nSPS) is 16.7. The lowest BCUT2D eigenvalue weighted by atomic mass is 10.1. The Bertz CT molecular complexity index is 777. The molecule has 0 saturated carbocycles. The molecule has 0 unspecified atom stereocenters. The maximum absolute atomic E-state index is 12.6. The molecule has 3 rings (SSSR count). The Labute approximate surface area is 156 Å². The second kappa shape index (κ2) is 9.46. The quantitative estimate of drug-likeness (QED) is 0.772. The Hall–Kier alpha value is -3.23. The van der Waals surface area contributed by atoms with Crippen molar-refractivity contribution < 1.29 is 24.0 Å². The van der Waals surface area contributed by atoms with Gasteiger partial charge in [-0.05, 0) is 25.8 Å². The molecule has 9 heteroatoms. The van der Waals surface area contributed by atoms with Crippen LogP contribution in [0.2, 0.25) is 0 Å². The fourth-order valence-electron chi connectivity index (χ4n) is 2.82. The van der Waals surface area contributed by atoms with Gasteiger partial charge in [0.05, 0.1) is 6.54 Å². The first kappa shape index (κ1) is 20.1. The summed E-state index contributed by atoms with van der Waals surface area (Å²) in [6.45, 7) is 3.98. The van der Waals surface area contributed by atoms with Gasteiger partial charge in [-0.15, -0.1) is 0 Å². The predicted octanol–water partition coefficient (Wildman–Crippen LogP) is 0.881. The third-order valence-corrected chi connectivity index (χ3v) is 4.17. The van der Waals surface area contributed by atoms with E-state index >= 15 is 0 Å². The van der Waals surface area contributed by atoms with Crippen LogP contribution in [0.3, 0.4) is 0 Å². The zero-order chi connectivity index (χ0) is 19.8. The molecule has 0 aliphatic carbocycles. The van der Waals surface area contributed by atoms with Crippen LogP contribution >= 0.6 is 0 Å². The first-order valence-corrected chi connectivity index (χ1v) is 8.45. The van der Waals surface area contributed by atoms with Crippen LogP contribution in [0.4, 0.5) is 0 Å². The summed E-state index contributed by atoms with van der Waals surface area (Å²) in [7, 11) is 0. The fourth-order valence-corrected chi connectivity index (χ4v) is 2.82. The smallest absolute Gasteiger partial charge is 0.290 e. The highest BCUT2D eigenvalue weighted by Gasteiger charge is 2.36. The van der Waals surface area contributed by atoms with Gasteiger partial charge >= 0.3 is 0 Å². The van der Waals surface area contributed by atoms with Gasteiger partial charge in [0.15, 0.2) is 5.82 Å². The molecule has 1 saturated heterocycles. The zero-order valence-electron chi connectivity index (χ0n) is 15.2. The molecule has 0 radical (unpaired) electrons. The van der Waals surface area contributed by atoms with Gasteiger partial charge in [0, 0.05) is 6.54 Å². The largest absolute Gasteiger partial charge is 0.483 e. The lowest BCUT2D eigenvalue weighted by Crippen LogP contribution is -2.58. The van der Waals surface area contributed by atoms with Crippen molar-refractivity contribution >= 4 is 18.3 Å². The third kappa shape index (κ3) is 5.37. The van der Waals surface area contributed by atoms with Gasteiger partial charge in [-0.3, -0.25) is 14.4 Å². The monoisotopic (exact) mass is 374 g/mol. The number of aryl methyl sites for hydroxylation is 1. The molecule has 1 N–H and O–H groups in total. The number of hydrogen-bond acceptors (Lipinski definition) is 6. The molecule has 1 aromatic heterocycles. The summed E-state index contributed by atoms with van der Waals surface area (Å²) >= 11 is 0. The summed E-state index contributed by atoms with van der Waals surface area (Å²) in [5.74, 6) is 0.698. The Morgan fingerprint density at radius 2 is 1.96 bits per heavy atom. The molecular weight excluding hydrogens is 352 g/mol. The third-order valence-electron chi connectivity index (χ3n) is 4.17. The number of hydrogen-bond donors (Lipinski definition) is 1. The highest BCUT2D eigenvalue weighted by atomic mass is 16.5. The van der Waals surface area contributed by atoms with Crippen molar-refractivity contribution in [3.8, 4) is 0 Å². The Morgan fingerprint density at radius 1 is 1.30 bits per heavy atom. The van der Waals surface area contributed by atoms with Crippen LogP contribution in [-0.2, 0) is 27.3 Å². The average Bonchev–Trinajstić information content (AvgIpc) is 3.07. The van der Waals surface area contributed by atoms with Crippen LogP contribution in [0.5, 0.6) is 0 Å². The van der Waals surface area contributed by atoms with Crippen molar-refractivity contribution in [3.63, 3.8) is 0 Å². The van der Waals surface area contributed by atoms with Crippen molar-refractivity contribution in [2.24, 2.45) is 0 Å². The Balaban J connectivity index is 0.000000817.